The number of alkyl halides is 6. The lowest BCUT2D eigenvalue weighted by atomic mass is 10.1. The van der Waals surface area contributed by atoms with E-state index >= 15 is 0 Å². The third-order valence-corrected chi connectivity index (χ3v) is 1.43. The van der Waals surface area contributed by atoms with Crippen LogP contribution in [0.2, 0.25) is 0 Å². The van der Waals surface area contributed by atoms with Gasteiger partial charge in [-0.15, -0.1) is 6.58 Å². The summed E-state index contributed by atoms with van der Waals surface area (Å²) in [6.45, 7) is 0.658. The Morgan fingerprint density at radius 1 is 1.23 bits per heavy atom. The van der Waals surface area contributed by atoms with Gasteiger partial charge in [-0.1, -0.05) is 6.08 Å². The molecular formula is C7H8F6. The van der Waals surface area contributed by atoms with E-state index in [4.69, 9.17) is 0 Å². The van der Waals surface area contributed by atoms with Crippen LogP contribution in [0.15, 0.2) is 12.7 Å². The molecule has 0 aromatic carbocycles. The molecule has 0 aromatic heterocycles. The molecule has 0 saturated heterocycles. The van der Waals surface area contributed by atoms with Gasteiger partial charge in [0.25, 0.3) is 0 Å². The zero-order valence-corrected chi connectivity index (χ0v) is 6.49. The van der Waals surface area contributed by atoms with Gasteiger partial charge in [-0.05, 0) is 0 Å². The molecule has 0 fully saturated rings. The van der Waals surface area contributed by atoms with Gasteiger partial charge >= 0.3 is 5.92 Å². The topological polar surface area (TPSA) is 0 Å². The molecule has 0 nitrogen and oxygen atoms in total. The normalized spacial score (nSPS) is 19.2. The first kappa shape index (κ1) is 12.3. The summed E-state index contributed by atoms with van der Waals surface area (Å²) in [5.74, 6) is -4.66. The van der Waals surface area contributed by atoms with Crippen molar-refractivity contribution < 1.29 is 26.3 Å². The molecule has 0 aromatic rings. The van der Waals surface area contributed by atoms with Gasteiger partial charge in [0.15, 0.2) is 12.3 Å². The Bertz CT molecular complexity index is 168. The summed E-state index contributed by atoms with van der Waals surface area (Å²) < 4.78 is 72.9. The number of rotatable bonds is 5. The number of hydrogen-bond donors (Lipinski definition) is 0. The lowest BCUT2D eigenvalue weighted by Crippen LogP contribution is -2.45. The van der Waals surface area contributed by atoms with Gasteiger partial charge in [-0.25, -0.2) is 17.6 Å². The molecule has 0 spiro atoms. The second-order valence-electron chi connectivity index (χ2n) is 2.38. The van der Waals surface area contributed by atoms with Gasteiger partial charge < -0.3 is 0 Å². The Labute approximate surface area is 71.2 Å². The van der Waals surface area contributed by atoms with Crippen molar-refractivity contribution in [2.45, 2.75) is 24.4 Å². The minimum absolute atomic E-state index is 0.267. The predicted molar refractivity (Wildman–Crippen MR) is 35.8 cm³/mol. The van der Waals surface area contributed by atoms with Crippen molar-refractivity contribution in [3.05, 3.63) is 12.7 Å². The van der Waals surface area contributed by atoms with Crippen molar-refractivity contribution in [2.24, 2.45) is 0 Å². The van der Waals surface area contributed by atoms with E-state index in [1.165, 1.54) is 0 Å². The van der Waals surface area contributed by atoms with Gasteiger partial charge in [0, 0.05) is 0 Å². The van der Waals surface area contributed by atoms with Crippen LogP contribution >= 0.6 is 0 Å². The highest BCUT2D eigenvalue weighted by Gasteiger charge is 2.51. The van der Waals surface area contributed by atoms with E-state index < -0.39 is 31.1 Å². The van der Waals surface area contributed by atoms with E-state index in [9.17, 15) is 26.3 Å². The van der Waals surface area contributed by atoms with Gasteiger partial charge in [0.1, 0.15) is 6.67 Å². The fraction of sp³-hybridized carbons (Fsp3) is 0.714. The van der Waals surface area contributed by atoms with Crippen LogP contribution in [0.3, 0.4) is 0 Å². The Morgan fingerprint density at radius 3 is 2.00 bits per heavy atom. The molecule has 0 heterocycles. The molecule has 0 radical (unpaired) electrons. The first-order valence-electron chi connectivity index (χ1n) is 3.36. The first-order chi connectivity index (χ1) is 5.87. The predicted octanol–water partition coefficient (Wildman–Crippen LogP) is 2.79. The monoisotopic (exact) mass is 206 g/mol. The number of allylic oxidation sites excluding steroid dienone is 1. The van der Waals surface area contributed by atoms with Gasteiger partial charge in [-0.3, -0.25) is 0 Å². The zero-order chi connectivity index (χ0) is 10.6. The molecule has 3 atom stereocenters. The van der Waals surface area contributed by atoms with Crippen LogP contribution < -0.4 is 0 Å². The van der Waals surface area contributed by atoms with Crippen molar-refractivity contribution >= 4 is 0 Å². The van der Waals surface area contributed by atoms with Crippen molar-refractivity contribution in [3.8, 4) is 0 Å². The molecule has 13 heavy (non-hydrogen) atoms. The molecule has 0 amide bonds. The van der Waals surface area contributed by atoms with Crippen LogP contribution in [0.4, 0.5) is 26.3 Å². The smallest absolute Gasteiger partial charge is 0.248 e. The quantitative estimate of drug-likeness (QED) is 0.479. The maximum atomic E-state index is 12.4. The summed E-state index contributed by atoms with van der Waals surface area (Å²) in [6, 6.07) is 0. The number of hydrogen-bond acceptors (Lipinski definition) is 0. The van der Waals surface area contributed by atoms with E-state index in [0.717, 1.165) is 0 Å². The summed E-state index contributed by atoms with van der Waals surface area (Å²) in [7, 11) is 0. The van der Waals surface area contributed by atoms with Crippen molar-refractivity contribution in [1.82, 2.24) is 0 Å². The molecule has 3 unspecified atom stereocenters. The third-order valence-electron chi connectivity index (χ3n) is 1.43. The summed E-state index contributed by atoms with van der Waals surface area (Å²) in [4.78, 5) is 0. The zero-order valence-electron chi connectivity index (χ0n) is 6.49. The highest BCUT2D eigenvalue weighted by atomic mass is 19.3. The molecule has 0 aliphatic heterocycles. The highest BCUT2D eigenvalue weighted by molar-refractivity contribution is 4.96. The molecule has 0 bridgehead atoms. The van der Waals surface area contributed by atoms with Crippen LogP contribution in [0.1, 0.15) is 0 Å². The Hall–Kier alpha value is -0.680. The third kappa shape index (κ3) is 2.63. The summed E-state index contributed by atoms with van der Waals surface area (Å²) in [5.41, 5.74) is 0. The number of halogens is 6. The highest BCUT2D eigenvalue weighted by Crippen LogP contribution is 2.31. The Kier molecular flexibility index (Phi) is 4.29. The van der Waals surface area contributed by atoms with Crippen LogP contribution in [0.5, 0.6) is 0 Å². The molecule has 0 saturated carbocycles. The fourth-order valence-corrected chi connectivity index (χ4v) is 0.607. The molecule has 0 aliphatic rings. The Balaban J connectivity index is 4.51. The molecule has 6 heteroatoms. The van der Waals surface area contributed by atoms with Crippen molar-refractivity contribution in [3.63, 3.8) is 0 Å². The average molecular weight is 206 g/mol. The standard InChI is InChI=1S/C7H8F6/c1-2-4(9)6(11)7(12,13)5(10)3-8/h2,4-6H,1,3H2. The Morgan fingerprint density at radius 2 is 1.69 bits per heavy atom. The molecule has 0 rings (SSSR count). The lowest BCUT2D eigenvalue weighted by molar-refractivity contribution is -0.144. The summed E-state index contributed by atoms with van der Waals surface area (Å²) in [5, 5.41) is 0. The van der Waals surface area contributed by atoms with E-state index in [2.05, 4.69) is 6.58 Å². The van der Waals surface area contributed by atoms with E-state index in [1.54, 1.807) is 0 Å². The van der Waals surface area contributed by atoms with Gasteiger partial charge in [0.05, 0.1) is 0 Å². The van der Waals surface area contributed by atoms with E-state index in [0.29, 0.717) is 0 Å². The summed E-state index contributed by atoms with van der Waals surface area (Å²) >= 11 is 0. The molecular weight excluding hydrogens is 198 g/mol. The van der Waals surface area contributed by atoms with Gasteiger partial charge in [-0.2, -0.15) is 8.78 Å². The largest absolute Gasteiger partial charge is 0.314 e. The van der Waals surface area contributed by atoms with E-state index in [1.807, 2.05) is 0 Å². The maximum Gasteiger partial charge on any atom is 0.314 e. The fourth-order valence-electron chi connectivity index (χ4n) is 0.607. The minimum atomic E-state index is -4.66. The van der Waals surface area contributed by atoms with Gasteiger partial charge in [0.2, 0.25) is 6.17 Å². The second-order valence-corrected chi connectivity index (χ2v) is 2.38. The van der Waals surface area contributed by atoms with Crippen LogP contribution in [0.25, 0.3) is 0 Å². The SMILES string of the molecule is C=CC(F)C(F)C(F)(F)C(F)CF. The molecule has 0 N–H and O–H groups in total. The average Bonchev–Trinajstić information content (AvgIpc) is 2.13. The summed E-state index contributed by atoms with van der Waals surface area (Å²) in [6.07, 6.45) is -9.18. The molecule has 0 aliphatic carbocycles. The van der Waals surface area contributed by atoms with Crippen molar-refractivity contribution in [2.75, 3.05) is 6.67 Å². The van der Waals surface area contributed by atoms with Crippen molar-refractivity contribution in [1.29, 1.82) is 0 Å². The van der Waals surface area contributed by atoms with Crippen LogP contribution in [-0.2, 0) is 0 Å². The van der Waals surface area contributed by atoms with Crippen LogP contribution in [0, 0.1) is 0 Å². The van der Waals surface area contributed by atoms with E-state index in [-0.39, 0.29) is 6.08 Å². The minimum Gasteiger partial charge on any atom is -0.248 e. The lowest BCUT2D eigenvalue weighted by Gasteiger charge is -2.23. The van der Waals surface area contributed by atoms with Crippen LogP contribution in [-0.4, -0.2) is 31.1 Å². The maximum absolute atomic E-state index is 12.4. The first-order valence-corrected chi connectivity index (χ1v) is 3.36. The molecule has 78 valence electrons. The second kappa shape index (κ2) is 4.53.